The second-order valence-electron chi connectivity index (χ2n) is 8.68. The molecule has 0 N–H and O–H groups in total. The van der Waals surface area contributed by atoms with E-state index >= 15 is 0 Å². The Morgan fingerprint density at radius 3 is 2.53 bits per heavy atom. The van der Waals surface area contributed by atoms with Gasteiger partial charge >= 0.3 is 5.97 Å². The minimum Gasteiger partial charge on any atom is -0.497 e. The van der Waals surface area contributed by atoms with Crippen molar-refractivity contribution in [3.05, 3.63) is 87.8 Å². The summed E-state index contributed by atoms with van der Waals surface area (Å²) in [6, 6.07) is 16.5. The van der Waals surface area contributed by atoms with E-state index < -0.39 is 0 Å². The van der Waals surface area contributed by atoms with Gasteiger partial charge in [-0.15, -0.1) is 0 Å². The lowest BCUT2D eigenvalue weighted by molar-refractivity contribution is -0.135. The summed E-state index contributed by atoms with van der Waals surface area (Å²) in [5.41, 5.74) is 3.65. The van der Waals surface area contributed by atoms with Crippen molar-refractivity contribution < 1.29 is 28.2 Å². The molecule has 4 aromatic rings. The molecule has 3 aromatic carbocycles. The van der Waals surface area contributed by atoms with Crippen LogP contribution in [0, 0.1) is 0 Å². The van der Waals surface area contributed by atoms with Crippen molar-refractivity contribution >= 4 is 23.0 Å². The highest BCUT2D eigenvalue weighted by molar-refractivity contribution is 5.94. The topological polar surface area (TPSA) is 84.2 Å². The number of benzene rings is 3. The lowest BCUT2D eigenvalue weighted by atomic mass is 9.83. The normalized spacial score (nSPS) is 16.3. The first-order valence-electron chi connectivity index (χ1n) is 11.5. The van der Waals surface area contributed by atoms with Crippen LogP contribution in [0.3, 0.4) is 0 Å². The second-order valence-corrected chi connectivity index (χ2v) is 8.68. The summed E-state index contributed by atoms with van der Waals surface area (Å²) in [6.07, 6.45) is 3.59. The number of carbonyl (C=O) groups is 1. The summed E-state index contributed by atoms with van der Waals surface area (Å²) < 4.78 is 28.5. The fraction of sp³-hybridized carbons (Fsp3) is 0.172. The quantitative estimate of drug-likeness (QED) is 0.287. The van der Waals surface area contributed by atoms with Crippen LogP contribution in [0.15, 0.2) is 75.6 Å². The van der Waals surface area contributed by atoms with Crippen molar-refractivity contribution in [3.63, 3.8) is 0 Å². The number of carbonyl (C=O) groups excluding carboxylic acids is 1. The maximum Gasteiger partial charge on any atom is 0.312 e. The number of hydrogen-bond donors (Lipinski definition) is 0. The Morgan fingerprint density at radius 2 is 1.75 bits per heavy atom. The Balaban J connectivity index is 1.56. The zero-order valence-electron chi connectivity index (χ0n) is 19.7. The SMILES string of the molecule is COc1ccc(-c2coc3c4c(cc(OC)c3c2=O)OC(=O)C[C@H]4C2=Cc3ccccc3OC2)cc1. The fourth-order valence-electron chi connectivity index (χ4n) is 4.90. The van der Waals surface area contributed by atoms with Crippen LogP contribution in [0.1, 0.15) is 23.5 Å². The molecule has 7 heteroatoms. The molecule has 1 aromatic heterocycles. The Labute approximate surface area is 206 Å². The van der Waals surface area contributed by atoms with E-state index in [0.717, 1.165) is 16.9 Å². The molecule has 7 nitrogen and oxygen atoms in total. The van der Waals surface area contributed by atoms with Gasteiger partial charge in [0.15, 0.2) is 0 Å². The fourth-order valence-corrected chi connectivity index (χ4v) is 4.90. The first kappa shape index (κ1) is 22.0. The predicted octanol–water partition coefficient (Wildman–Crippen LogP) is 5.35. The summed E-state index contributed by atoms with van der Waals surface area (Å²) in [6.45, 7) is 0.316. The average Bonchev–Trinajstić information content (AvgIpc) is 2.92. The standard InChI is InChI=1S/C29H22O7/c1-32-19-9-7-16(8-10-19)21-15-35-29-26-20(18-11-17-5-3-4-6-22(17)34-14-18)12-25(30)36-24(26)13-23(33-2)27(29)28(21)31/h3-11,13,15,20H,12,14H2,1-2H3/t20-/m0/s1. The number of hydrogen-bond acceptors (Lipinski definition) is 7. The molecule has 1 atom stereocenters. The molecule has 0 fully saturated rings. The molecule has 2 aliphatic rings. The largest absolute Gasteiger partial charge is 0.497 e. The zero-order valence-corrected chi connectivity index (χ0v) is 19.7. The molecule has 0 bridgehead atoms. The molecule has 0 saturated carbocycles. The Kier molecular flexibility index (Phi) is 5.25. The number of methoxy groups -OCH3 is 2. The maximum absolute atomic E-state index is 13.7. The monoisotopic (exact) mass is 482 g/mol. The van der Waals surface area contributed by atoms with Crippen molar-refractivity contribution in [1.29, 1.82) is 0 Å². The number of rotatable bonds is 4. The molecular formula is C29H22O7. The number of ether oxygens (including phenoxy) is 4. The van der Waals surface area contributed by atoms with Crippen molar-refractivity contribution in [2.75, 3.05) is 20.8 Å². The molecular weight excluding hydrogens is 460 g/mol. The zero-order chi connectivity index (χ0) is 24.8. The van der Waals surface area contributed by atoms with Crippen molar-refractivity contribution in [3.8, 4) is 34.1 Å². The van der Waals surface area contributed by atoms with Gasteiger partial charge in [0.2, 0.25) is 5.43 Å². The third-order valence-corrected chi connectivity index (χ3v) is 6.68. The molecule has 3 heterocycles. The van der Waals surface area contributed by atoms with Gasteiger partial charge < -0.3 is 23.4 Å². The smallest absolute Gasteiger partial charge is 0.312 e. The van der Waals surface area contributed by atoms with Crippen LogP contribution in [0.25, 0.3) is 28.2 Å². The van der Waals surface area contributed by atoms with Crippen molar-refractivity contribution in [1.82, 2.24) is 0 Å². The van der Waals surface area contributed by atoms with Gasteiger partial charge in [0.25, 0.3) is 0 Å². The lowest BCUT2D eigenvalue weighted by Crippen LogP contribution is -2.25. The van der Waals surface area contributed by atoms with E-state index in [9.17, 15) is 9.59 Å². The van der Waals surface area contributed by atoms with Crippen LogP contribution >= 0.6 is 0 Å². The van der Waals surface area contributed by atoms with Gasteiger partial charge in [-0.3, -0.25) is 9.59 Å². The minimum atomic E-state index is -0.377. The van der Waals surface area contributed by atoms with Gasteiger partial charge in [-0.2, -0.15) is 0 Å². The third kappa shape index (κ3) is 3.51. The second kappa shape index (κ2) is 8.61. The first-order chi connectivity index (χ1) is 17.6. The molecule has 0 aliphatic carbocycles. The van der Waals surface area contributed by atoms with Gasteiger partial charge in [-0.1, -0.05) is 30.3 Å². The summed E-state index contributed by atoms with van der Waals surface area (Å²) >= 11 is 0. The van der Waals surface area contributed by atoms with Crippen LogP contribution in [0.2, 0.25) is 0 Å². The van der Waals surface area contributed by atoms with E-state index in [4.69, 9.17) is 23.4 Å². The summed E-state index contributed by atoms with van der Waals surface area (Å²) in [5.74, 6) is 1.32. The van der Waals surface area contributed by atoms with Gasteiger partial charge in [-0.05, 0) is 35.4 Å². The lowest BCUT2D eigenvalue weighted by Gasteiger charge is -2.29. The van der Waals surface area contributed by atoms with E-state index in [-0.39, 0.29) is 29.5 Å². The van der Waals surface area contributed by atoms with Gasteiger partial charge in [0.05, 0.1) is 26.2 Å². The number of para-hydroxylation sites is 1. The van der Waals surface area contributed by atoms with E-state index in [0.29, 0.717) is 45.8 Å². The highest BCUT2D eigenvalue weighted by Gasteiger charge is 2.36. The molecule has 0 amide bonds. The van der Waals surface area contributed by atoms with E-state index in [2.05, 4.69) is 0 Å². The molecule has 6 rings (SSSR count). The van der Waals surface area contributed by atoms with E-state index in [1.165, 1.54) is 13.4 Å². The van der Waals surface area contributed by atoms with Gasteiger partial charge in [0.1, 0.15) is 46.8 Å². The summed E-state index contributed by atoms with van der Waals surface area (Å²) in [5, 5.41) is 0.297. The van der Waals surface area contributed by atoms with E-state index in [1.807, 2.05) is 30.3 Å². The minimum absolute atomic E-state index is 0.107. The molecule has 0 saturated heterocycles. The van der Waals surface area contributed by atoms with E-state index in [1.54, 1.807) is 37.4 Å². The Morgan fingerprint density at radius 1 is 0.944 bits per heavy atom. The van der Waals surface area contributed by atoms with Gasteiger partial charge in [-0.25, -0.2) is 0 Å². The average molecular weight is 482 g/mol. The summed E-state index contributed by atoms with van der Waals surface area (Å²) in [4.78, 5) is 26.3. The van der Waals surface area contributed by atoms with Crippen LogP contribution in [0.4, 0.5) is 0 Å². The van der Waals surface area contributed by atoms with Gasteiger partial charge in [0, 0.05) is 23.1 Å². The first-order valence-corrected chi connectivity index (χ1v) is 11.5. The van der Waals surface area contributed by atoms with Crippen molar-refractivity contribution in [2.24, 2.45) is 0 Å². The van der Waals surface area contributed by atoms with Crippen LogP contribution in [-0.2, 0) is 4.79 Å². The molecule has 36 heavy (non-hydrogen) atoms. The molecule has 180 valence electrons. The maximum atomic E-state index is 13.7. The molecule has 2 aliphatic heterocycles. The predicted molar refractivity (Wildman–Crippen MR) is 134 cm³/mol. The Bertz CT molecular complexity index is 1600. The van der Waals surface area contributed by atoms with Crippen molar-refractivity contribution in [2.45, 2.75) is 12.3 Å². The molecule has 0 radical (unpaired) electrons. The number of fused-ring (bicyclic) bond motifs is 4. The van der Waals surface area contributed by atoms with Crippen LogP contribution in [-0.4, -0.2) is 26.8 Å². The molecule has 0 spiro atoms. The third-order valence-electron chi connectivity index (χ3n) is 6.68. The van der Waals surface area contributed by atoms with Crippen LogP contribution < -0.4 is 24.4 Å². The number of esters is 1. The Hall–Kier alpha value is -4.52. The highest BCUT2D eigenvalue weighted by atomic mass is 16.5. The van der Waals surface area contributed by atoms with Crippen LogP contribution in [0.5, 0.6) is 23.0 Å². The molecule has 0 unspecified atom stereocenters. The summed E-state index contributed by atoms with van der Waals surface area (Å²) in [7, 11) is 3.05. The highest BCUT2D eigenvalue weighted by Crippen LogP contribution is 2.47.